The number of urea groups is 1. The average molecular weight is 312 g/mol. The maximum absolute atomic E-state index is 12.1. The molecule has 2 unspecified atom stereocenters. The van der Waals surface area contributed by atoms with Crippen molar-refractivity contribution >= 4 is 17.8 Å². The van der Waals surface area contributed by atoms with Crippen LogP contribution in [0.1, 0.15) is 51.9 Å². The third-order valence-electron chi connectivity index (χ3n) is 5.68. The van der Waals surface area contributed by atoms with Crippen molar-refractivity contribution in [3.8, 4) is 0 Å². The van der Waals surface area contributed by atoms with E-state index in [0.717, 1.165) is 38.2 Å². The average Bonchev–Trinajstić information content (AvgIpc) is 2.86. The van der Waals surface area contributed by atoms with Crippen molar-refractivity contribution in [1.29, 1.82) is 0 Å². The van der Waals surface area contributed by atoms with Crippen molar-refractivity contribution < 1.29 is 9.53 Å². The SMILES string of the molecule is CCC1(CNC(=O)NC2CCOC3(CCSC3)C2)CCC1. The summed E-state index contributed by atoms with van der Waals surface area (Å²) in [7, 11) is 0. The molecule has 0 aromatic heterocycles. The summed E-state index contributed by atoms with van der Waals surface area (Å²) in [5, 5.41) is 6.28. The molecule has 0 aromatic rings. The summed E-state index contributed by atoms with van der Waals surface area (Å²) in [5.41, 5.74) is 0.426. The van der Waals surface area contributed by atoms with E-state index in [1.54, 1.807) is 0 Å². The van der Waals surface area contributed by atoms with Crippen LogP contribution in [0.3, 0.4) is 0 Å². The summed E-state index contributed by atoms with van der Waals surface area (Å²) >= 11 is 1.97. The van der Waals surface area contributed by atoms with E-state index in [1.807, 2.05) is 11.8 Å². The summed E-state index contributed by atoms with van der Waals surface area (Å²) < 4.78 is 6.00. The molecule has 120 valence electrons. The van der Waals surface area contributed by atoms with Gasteiger partial charge in [0.15, 0.2) is 0 Å². The molecule has 2 N–H and O–H groups in total. The zero-order valence-corrected chi connectivity index (χ0v) is 13.9. The van der Waals surface area contributed by atoms with Crippen LogP contribution in [0.15, 0.2) is 0 Å². The van der Waals surface area contributed by atoms with Gasteiger partial charge in [-0.2, -0.15) is 11.8 Å². The second-order valence-corrected chi connectivity index (χ2v) is 8.16. The number of rotatable bonds is 4. The van der Waals surface area contributed by atoms with E-state index in [4.69, 9.17) is 4.74 Å². The molecule has 1 spiro atoms. The van der Waals surface area contributed by atoms with Crippen LogP contribution in [0.5, 0.6) is 0 Å². The monoisotopic (exact) mass is 312 g/mol. The third-order valence-corrected chi connectivity index (χ3v) is 6.91. The number of hydrogen-bond donors (Lipinski definition) is 2. The zero-order chi connectivity index (χ0) is 14.8. The lowest BCUT2D eigenvalue weighted by atomic mass is 9.67. The van der Waals surface area contributed by atoms with E-state index in [0.29, 0.717) is 5.41 Å². The molecule has 2 heterocycles. The molecule has 2 amide bonds. The minimum Gasteiger partial charge on any atom is -0.374 e. The number of nitrogens with one attached hydrogen (secondary N) is 2. The Hall–Kier alpha value is -0.420. The fourth-order valence-corrected chi connectivity index (χ4v) is 5.23. The molecule has 5 heteroatoms. The van der Waals surface area contributed by atoms with E-state index in [1.165, 1.54) is 31.4 Å². The van der Waals surface area contributed by atoms with E-state index < -0.39 is 0 Å². The molecule has 4 nitrogen and oxygen atoms in total. The van der Waals surface area contributed by atoms with Crippen molar-refractivity contribution in [2.24, 2.45) is 5.41 Å². The molecule has 2 aliphatic heterocycles. The molecule has 21 heavy (non-hydrogen) atoms. The molecule has 1 saturated carbocycles. The fourth-order valence-electron chi connectivity index (χ4n) is 3.85. The quantitative estimate of drug-likeness (QED) is 0.839. The van der Waals surface area contributed by atoms with E-state index in [-0.39, 0.29) is 17.7 Å². The first-order valence-corrected chi connectivity index (χ1v) is 9.57. The highest BCUT2D eigenvalue weighted by molar-refractivity contribution is 7.99. The second-order valence-electron chi connectivity index (χ2n) is 7.06. The summed E-state index contributed by atoms with van der Waals surface area (Å²) in [6, 6.07) is 0.291. The standard InChI is InChI=1S/C16H28N2O2S/c1-2-15(5-3-6-15)11-17-14(19)18-13-4-8-20-16(10-13)7-9-21-12-16/h13H,2-12H2,1H3,(H2,17,18,19). The van der Waals surface area contributed by atoms with Gasteiger partial charge in [-0.1, -0.05) is 13.3 Å². The van der Waals surface area contributed by atoms with Gasteiger partial charge in [0.05, 0.1) is 5.60 Å². The predicted octanol–water partition coefficient (Wildman–Crippen LogP) is 2.92. The first-order chi connectivity index (χ1) is 10.2. The summed E-state index contributed by atoms with van der Waals surface area (Å²) in [6.45, 7) is 3.85. The van der Waals surface area contributed by atoms with Crippen LogP contribution in [-0.2, 0) is 4.74 Å². The largest absolute Gasteiger partial charge is 0.374 e. The minimum atomic E-state index is 0.0161. The normalized spacial score (nSPS) is 34.4. The molecule has 2 saturated heterocycles. The maximum atomic E-state index is 12.1. The smallest absolute Gasteiger partial charge is 0.315 e. The van der Waals surface area contributed by atoms with Gasteiger partial charge >= 0.3 is 6.03 Å². The van der Waals surface area contributed by atoms with Crippen LogP contribution in [0.2, 0.25) is 0 Å². The number of ether oxygens (including phenoxy) is 1. The van der Waals surface area contributed by atoms with Gasteiger partial charge in [0.1, 0.15) is 0 Å². The number of amides is 2. The van der Waals surface area contributed by atoms with Gasteiger partial charge in [0, 0.05) is 24.9 Å². The van der Waals surface area contributed by atoms with E-state index in [2.05, 4.69) is 17.6 Å². The Kier molecular flexibility index (Phi) is 4.69. The highest BCUT2D eigenvalue weighted by Gasteiger charge is 2.41. The lowest BCUT2D eigenvalue weighted by Crippen LogP contribution is -2.52. The summed E-state index contributed by atoms with van der Waals surface area (Å²) in [4.78, 5) is 12.1. The molecule has 1 aliphatic carbocycles. The molecular weight excluding hydrogens is 284 g/mol. The minimum absolute atomic E-state index is 0.0161. The van der Waals surface area contributed by atoms with Gasteiger partial charge in [-0.15, -0.1) is 0 Å². The molecule has 3 rings (SSSR count). The summed E-state index contributed by atoms with van der Waals surface area (Å²) in [6.07, 6.45) is 8.08. The van der Waals surface area contributed by atoms with Crippen LogP contribution in [0.4, 0.5) is 4.79 Å². The van der Waals surface area contributed by atoms with Crippen LogP contribution >= 0.6 is 11.8 Å². The molecule has 3 aliphatic rings. The lowest BCUT2D eigenvalue weighted by molar-refractivity contribution is -0.0684. The van der Waals surface area contributed by atoms with Gasteiger partial charge in [-0.05, 0) is 49.7 Å². The highest BCUT2D eigenvalue weighted by Crippen LogP contribution is 2.43. The number of thioether (sulfide) groups is 1. The predicted molar refractivity (Wildman–Crippen MR) is 86.8 cm³/mol. The Morgan fingerprint density at radius 2 is 2.24 bits per heavy atom. The first kappa shape index (κ1) is 15.5. The molecule has 3 fully saturated rings. The fraction of sp³-hybridized carbons (Fsp3) is 0.938. The molecule has 0 bridgehead atoms. The number of carbonyl (C=O) groups is 1. The van der Waals surface area contributed by atoms with Gasteiger partial charge in [-0.3, -0.25) is 0 Å². The molecular formula is C16H28N2O2S. The third kappa shape index (κ3) is 3.50. The van der Waals surface area contributed by atoms with Crippen LogP contribution < -0.4 is 10.6 Å². The van der Waals surface area contributed by atoms with Gasteiger partial charge in [0.25, 0.3) is 0 Å². The van der Waals surface area contributed by atoms with E-state index >= 15 is 0 Å². The van der Waals surface area contributed by atoms with Gasteiger partial charge in [-0.25, -0.2) is 4.79 Å². The summed E-state index contributed by atoms with van der Waals surface area (Å²) in [5.74, 6) is 2.28. The second kappa shape index (κ2) is 6.37. The first-order valence-electron chi connectivity index (χ1n) is 8.41. The molecule has 0 radical (unpaired) electrons. The Labute approximate surface area is 132 Å². The van der Waals surface area contributed by atoms with Crippen LogP contribution in [0.25, 0.3) is 0 Å². The molecule has 2 atom stereocenters. The van der Waals surface area contributed by atoms with E-state index in [9.17, 15) is 4.79 Å². The zero-order valence-electron chi connectivity index (χ0n) is 13.1. The van der Waals surface area contributed by atoms with Crippen molar-refractivity contribution in [3.05, 3.63) is 0 Å². The Bertz CT molecular complexity index is 373. The highest BCUT2D eigenvalue weighted by atomic mass is 32.2. The maximum Gasteiger partial charge on any atom is 0.315 e. The number of carbonyl (C=O) groups excluding carboxylic acids is 1. The Morgan fingerprint density at radius 3 is 2.86 bits per heavy atom. The lowest BCUT2D eigenvalue weighted by Gasteiger charge is -2.42. The van der Waals surface area contributed by atoms with Gasteiger partial charge in [0.2, 0.25) is 0 Å². The Morgan fingerprint density at radius 1 is 1.38 bits per heavy atom. The van der Waals surface area contributed by atoms with Crippen molar-refractivity contribution in [2.75, 3.05) is 24.7 Å². The van der Waals surface area contributed by atoms with Crippen LogP contribution in [-0.4, -0.2) is 42.3 Å². The van der Waals surface area contributed by atoms with Crippen molar-refractivity contribution in [1.82, 2.24) is 10.6 Å². The van der Waals surface area contributed by atoms with Crippen molar-refractivity contribution in [3.63, 3.8) is 0 Å². The Balaban J connectivity index is 1.44. The number of hydrogen-bond acceptors (Lipinski definition) is 3. The van der Waals surface area contributed by atoms with Crippen LogP contribution in [0, 0.1) is 5.41 Å². The van der Waals surface area contributed by atoms with Crippen molar-refractivity contribution in [2.45, 2.75) is 63.5 Å². The van der Waals surface area contributed by atoms with Gasteiger partial charge < -0.3 is 15.4 Å². The molecule has 0 aromatic carbocycles. The topological polar surface area (TPSA) is 50.4 Å².